The number of hydrogen-bond acceptors (Lipinski definition) is 5. The summed E-state index contributed by atoms with van der Waals surface area (Å²) in [5.74, 6) is 0.0395. The largest absolute Gasteiger partial charge is 0.326 e. The van der Waals surface area contributed by atoms with Crippen molar-refractivity contribution in [3.8, 4) is 11.4 Å². The molecular weight excluding hydrogens is 356 g/mol. The maximum Gasteiger partial charge on any atom is 0.251 e. The average Bonchev–Trinajstić information content (AvgIpc) is 3.13. The molecular formula is C20H22N6O2. The molecule has 0 aliphatic carbocycles. The van der Waals surface area contributed by atoms with Crippen molar-refractivity contribution in [1.29, 1.82) is 0 Å². The van der Waals surface area contributed by atoms with Gasteiger partial charge in [0.1, 0.15) is 0 Å². The summed E-state index contributed by atoms with van der Waals surface area (Å²) in [5, 5.41) is 18.1. The number of tetrazole rings is 1. The van der Waals surface area contributed by atoms with Crippen molar-refractivity contribution in [2.24, 2.45) is 5.92 Å². The first-order valence-corrected chi connectivity index (χ1v) is 8.97. The molecule has 8 nitrogen and oxygen atoms in total. The van der Waals surface area contributed by atoms with Gasteiger partial charge in [-0.15, -0.1) is 10.2 Å². The zero-order valence-corrected chi connectivity index (χ0v) is 16.0. The van der Waals surface area contributed by atoms with Gasteiger partial charge < -0.3 is 10.6 Å². The van der Waals surface area contributed by atoms with Crippen LogP contribution in [-0.4, -0.2) is 32.0 Å². The van der Waals surface area contributed by atoms with Crippen LogP contribution in [-0.2, 0) is 9.59 Å². The highest BCUT2D eigenvalue weighted by molar-refractivity contribution is 5.94. The Labute approximate surface area is 163 Å². The van der Waals surface area contributed by atoms with Crippen LogP contribution < -0.4 is 10.6 Å². The van der Waals surface area contributed by atoms with Gasteiger partial charge in [0.15, 0.2) is 6.04 Å². The standard InChI is InChI=1S/C20H22N6O2/c1-13(2)18(26-24-19(23-25-26)15-7-5-4-6-8-15)20(28)22-17-11-9-16(10-12-17)21-14(3)27/h4-13,18H,1-3H3,(H,21,27)(H,22,28). The molecule has 2 N–H and O–H groups in total. The summed E-state index contributed by atoms with van der Waals surface area (Å²) in [4.78, 5) is 25.3. The Morgan fingerprint density at radius 1 is 0.929 bits per heavy atom. The number of aromatic nitrogens is 4. The monoisotopic (exact) mass is 378 g/mol. The van der Waals surface area contributed by atoms with Gasteiger partial charge in [0.2, 0.25) is 11.7 Å². The second kappa shape index (κ2) is 8.43. The quantitative estimate of drug-likeness (QED) is 0.686. The minimum Gasteiger partial charge on any atom is -0.326 e. The number of nitrogens with zero attached hydrogens (tertiary/aromatic N) is 4. The fraction of sp³-hybridized carbons (Fsp3) is 0.250. The fourth-order valence-corrected chi connectivity index (χ4v) is 2.78. The third-order valence-corrected chi connectivity index (χ3v) is 4.08. The molecule has 0 spiro atoms. The Hall–Kier alpha value is -3.55. The molecule has 1 aromatic heterocycles. The highest BCUT2D eigenvalue weighted by Crippen LogP contribution is 2.21. The van der Waals surface area contributed by atoms with Gasteiger partial charge in [-0.05, 0) is 35.4 Å². The number of hydrogen-bond donors (Lipinski definition) is 2. The number of amides is 2. The van der Waals surface area contributed by atoms with Crippen molar-refractivity contribution < 1.29 is 9.59 Å². The highest BCUT2D eigenvalue weighted by atomic mass is 16.2. The van der Waals surface area contributed by atoms with E-state index in [0.717, 1.165) is 5.56 Å². The molecule has 3 aromatic rings. The molecule has 1 heterocycles. The van der Waals surface area contributed by atoms with Crippen LogP contribution in [0.3, 0.4) is 0 Å². The minimum atomic E-state index is -0.611. The van der Waals surface area contributed by atoms with Crippen LogP contribution in [0.5, 0.6) is 0 Å². The van der Waals surface area contributed by atoms with Crippen LogP contribution in [0, 0.1) is 5.92 Å². The maximum atomic E-state index is 12.9. The molecule has 1 unspecified atom stereocenters. The van der Waals surface area contributed by atoms with Crippen molar-refractivity contribution in [1.82, 2.24) is 20.2 Å². The van der Waals surface area contributed by atoms with E-state index in [-0.39, 0.29) is 17.7 Å². The lowest BCUT2D eigenvalue weighted by atomic mass is 10.0. The van der Waals surface area contributed by atoms with E-state index in [1.807, 2.05) is 44.2 Å². The molecule has 0 fully saturated rings. The minimum absolute atomic E-state index is 0.0449. The SMILES string of the molecule is CC(=O)Nc1ccc(NC(=O)C(C(C)C)n2nnc(-c3ccccc3)n2)cc1. The lowest BCUT2D eigenvalue weighted by Gasteiger charge is -2.19. The molecule has 3 rings (SSSR count). The summed E-state index contributed by atoms with van der Waals surface area (Å²) in [6.07, 6.45) is 0. The van der Waals surface area contributed by atoms with Gasteiger partial charge in [-0.2, -0.15) is 4.80 Å². The van der Waals surface area contributed by atoms with Crippen LogP contribution in [0.2, 0.25) is 0 Å². The van der Waals surface area contributed by atoms with Crippen molar-refractivity contribution >= 4 is 23.2 Å². The van der Waals surface area contributed by atoms with Gasteiger partial charge in [-0.25, -0.2) is 0 Å². The fourth-order valence-electron chi connectivity index (χ4n) is 2.78. The zero-order chi connectivity index (χ0) is 20.1. The first kappa shape index (κ1) is 19.2. The smallest absolute Gasteiger partial charge is 0.251 e. The van der Waals surface area contributed by atoms with E-state index in [9.17, 15) is 9.59 Å². The van der Waals surface area contributed by atoms with Gasteiger partial charge in [0.25, 0.3) is 5.91 Å². The van der Waals surface area contributed by atoms with Crippen LogP contribution >= 0.6 is 0 Å². The first-order valence-electron chi connectivity index (χ1n) is 8.97. The summed E-state index contributed by atoms with van der Waals surface area (Å²) in [5.41, 5.74) is 2.12. The number of nitrogens with one attached hydrogen (secondary N) is 2. The lowest BCUT2D eigenvalue weighted by molar-refractivity contribution is -0.121. The predicted molar refractivity (Wildman–Crippen MR) is 107 cm³/mol. The van der Waals surface area contributed by atoms with Crippen molar-refractivity contribution in [2.75, 3.05) is 10.6 Å². The first-order chi connectivity index (χ1) is 13.4. The van der Waals surface area contributed by atoms with Crippen LogP contribution in [0.1, 0.15) is 26.8 Å². The van der Waals surface area contributed by atoms with E-state index in [0.29, 0.717) is 17.2 Å². The van der Waals surface area contributed by atoms with Crippen LogP contribution in [0.25, 0.3) is 11.4 Å². The Balaban J connectivity index is 1.76. The van der Waals surface area contributed by atoms with Crippen LogP contribution in [0.4, 0.5) is 11.4 Å². The molecule has 0 saturated carbocycles. The molecule has 144 valence electrons. The normalized spacial score (nSPS) is 11.9. The second-order valence-corrected chi connectivity index (χ2v) is 6.74. The number of carbonyl (C=O) groups excluding carboxylic acids is 2. The third kappa shape index (κ3) is 4.59. The molecule has 1 atom stereocenters. The van der Waals surface area contributed by atoms with Crippen molar-refractivity contribution in [2.45, 2.75) is 26.8 Å². The molecule has 2 amide bonds. The van der Waals surface area contributed by atoms with Crippen LogP contribution in [0.15, 0.2) is 54.6 Å². The summed E-state index contributed by atoms with van der Waals surface area (Å²) in [6, 6.07) is 15.8. The van der Waals surface area contributed by atoms with Gasteiger partial charge in [-0.3, -0.25) is 9.59 Å². The van der Waals surface area contributed by atoms with E-state index in [4.69, 9.17) is 0 Å². The maximum absolute atomic E-state index is 12.9. The van der Waals surface area contributed by atoms with Gasteiger partial charge in [0, 0.05) is 23.9 Å². The third-order valence-electron chi connectivity index (χ3n) is 4.08. The van der Waals surface area contributed by atoms with Gasteiger partial charge >= 0.3 is 0 Å². The summed E-state index contributed by atoms with van der Waals surface area (Å²) < 4.78 is 0. The van der Waals surface area contributed by atoms with Gasteiger partial charge in [0.05, 0.1) is 0 Å². The van der Waals surface area contributed by atoms with Gasteiger partial charge in [-0.1, -0.05) is 44.2 Å². The predicted octanol–water partition coefficient (Wildman–Crippen LogP) is 3.13. The molecule has 28 heavy (non-hydrogen) atoms. The lowest BCUT2D eigenvalue weighted by Crippen LogP contribution is -2.31. The summed E-state index contributed by atoms with van der Waals surface area (Å²) in [7, 11) is 0. The highest BCUT2D eigenvalue weighted by Gasteiger charge is 2.27. The number of carbonyl (C=O) groups is 2. The molecule has 0 saturated heterocycles. The Morgan fingerprint density at radius 2 is 1.54 bits per heavy atom. The Kier molecular flexibility index (Phi) is 5.78. The van der Waals surface area contributed by atoms with Crippen molar-refractivity contribution in [3.05, 3.63) is 54.6 Å². The Bertz CT molecular complexity index is 950. The summed E-state index contributed by atoms with van der Waals surface area (Å²) in [6.45, 7) is 5.29. The molecule has 2 aromatic carbocycles. The number of benzene rings is 2. The van der Waals surface area contributed by atoms with E-state index < -0.39 is 6.04 Å². The summed E-state index contributed by atoms with van der Waals surface area (Å²) >= 11 is 0. The number of anilines is 2. The van der Waals surface area contributed by atoms with E-state index in [1.54, 1.807) is 24.3 Å². The molecule has 0 aliphatic rings. The average molecular weight is 378 g/mol. The molecule has 0 aliphatic heterocycles. The topological polar surface area (TPSA) is 102 Å². The van der Waals surface area contributed by atoms with E-state index in [1.165, 1.54) is 11.7 Å². The zero-order valence-electron chi connectivity index (χ0n) is 16.0. The van der Waals surface area contributed by atoms with Crippen molar-refractivity contribution in [3.63, 3.8) is 0 Å². The van der Waals surface area contributed by atoms with E-state index in [2.05, 4.69) is 26.0 Å². The Morgan fingerprint density at radius 3 is 2.11 bits per heavy atom. The second-order valence-electron chi connectivity index (χ2n) is 6.74. The molecule has 0 radical (unpaired) electrons. The van der Waals surface area contributed by atoms with E-state index >= 15 is 0 Å². The molecule has 0 bridgehead atoms. The molecule has 8 heteroatoms. The number of rotatable bonds is 6.